The number of hydrogen-bond donors (Lipinski definition) is 1. The summed E-state index contributed by atoms with van der Waals surface area (Å²) < 4.78 is 0. The molecule has 1 heterocycles. The summed E-state index contributed by atoms with van der Waals surface area (Å²) in [5.41, 5.74) is 0. The third-order valence-corrected chi connectivity index (χ3v) is 3.62. The zero-order valence-corrected chi connectivity index (χ0v) is 12.1. The van der Waals surface area contributed by atoms with Crippen LogP contribution in [0.15, 0.2) is 0 Å². The topological polar surface area (TPSA) is 60.9 Å². The minimum absolute atomic E-state index is 0.165. The van der Waals surface area contributed by atoms with Crippen LogP contribution in [0.3, 0.4) is 0 Å². The fourth-order valence-corrected chi connectivity index (χ4v) is 2.59. The van der Waals surface area contributed by atoms with Crippen LogP contribution in [0.4, 0.5) is 0 Å². The quantitative estimate of drug-likeness (QED) is 0.711. The Hall–Kier alpha value is -1.10. The van der Waals surface area contributed by atoms with Crippen LogP contribution < -0.4 is 0 Å². The molecule has 0 radical (unpaired) electrons. The van der Waals surface area contributed by atoms with Crippen molar-refractivity contribution in [1.82, 2.24) is 9.80 Å². The lowest BCUT2D eigenvalue weighted by molar-refractivity contribution is -0.137. The van der Waals surface area contributed by atoms with E-state index < -0.39 is 5.97 Å². The van der Waals surface area contributed by atoms with Crippen LogP contribution in [-0.4, -0.2) is 60.5 Å². The molecule has 0 unspecified atom stereocenters. The molecule has 0 aromatic heterocycles. The molecular formula is C14H26N2O3. The Morgan fingerprint density at radius 2 is 1.74 bits per heavy atom. The first-order valence-electron chi connectivity index (χ1n) is 7.13. The maximum atomic E-state index is 11.9. The van der Waals surface area contributed by atoms with Gasteiger partial charge in [-0.25, -0.2) is 0 Å². The fraction of sp³-hybridized carbons (Fsp3) is 0.857. The molecule has 1 aliphatic rings. The van der Waals surface area contributed by atoms with Crippen molar-refractivity contribution in [3.8, 4) is 0 Å². The van der Waals surface area contributed by atoms with Gasteiger partial charge in [-0.1, -0.05) is 0 Å². The molecule has 0 aromatic carbocycles. The third kappa shape index (κ3) is 6.57. The van der Waals surface area contributed by atoms with Gasteiger partial charge < -0.3 is 14.9 Å². The smallest absolute Gasteiger partial charge is 0.303 e. The second kappa shape index (κ2) is 8.15. The number of hydrogen-bond acceptors (Lipinski definition) is 3. The Balaban J connectivity index is 2.16. The Bertz CT molecular complexity index is 297. The second-order valence-corrected chi connectivity index (χ2v) is 5.69. The molecule has 0 spiro atoms. The van der Waals surface area contributed by atoms with Crippen LogP contribution in [0.2, 0.25) is 0 Å². The SMILES string of the molecule is CN(C)CC1CCN(C(=O)CCCCC(=O)O)CC1. The van der Waals surface area contributed by atoms with Crippen LogP contribution in [-0.2, 0) is 9.59 Å². The zero-order valence-electron chi connectivity index (χ0n) is 12.1. The summed E-state index contributed by atoms with van der Waals surface area (Å²) in [7, 11) is 4.17. The molecule has 0 saturated carbocycles. The number of likely N-dealkylation sites (tertiary alicyclic amines) is 1. The highest BCUT2D eigenvalue weighted by molar-refractivity contribution is 5.76. The van der Waals surface area contributed by atoms with Crippen molar-refractivity contribution in [3.05, 3.63) is 0 Å². The van der Waals surface area contributed by atoms with Gasteiger partial charge in [0.05, 0.1) is 0 Å². The average Bonchev–Trinajstić information content (AvgIpc) is 2.34. The Kier molecular flexibility index (Phi) is 6.84. The molecule has 0 aromatic rings. The largest absolute Gasteiger partial charge is 0.481 e. The molecule has 5 heteroatoms. The van der Waals surface area contributed by atoms with Gasteiger partial charge in [0.15, 0.2) is 0 Å². The van der Waals surface area contributed by atoms with Gasteiger partial charge in [0.25, 0.3) is 0 Å². The summed E-state index contributed by atoms with van der Waals surface area (Å²) in [4.78, 5) is 26.5. The van der Waals surface area contributed by atoms with E-state index in [2.05, 4.69) is 19.0 Å². The Morgan fingerprint density at radius 1 is 1.16 bits per heavy atom. The molecule has 1 rings (SSSR count). The van der Waals surface area contributed by atoms with Gasteiger partial charge in [0.2, 0.25) is 5.91 Å². The van der Waals surface area contributed by atoms with E-state index in [9.17, 15) is 9.59 Å². The molecule has 19 heavy (non-hydrogen) atoms. The number of rotatable bonds is 7. The van der Waals surface area contributed by atoms with Gasteiger partial charge in [-0.15, -0.1) is 0 Å². The Labute approximate surface area is 115 Å². The van der Waals surface area contributed by atoms with Gasteiger partial charge >= 0.3 is 5.97 Å². The maximum absolute atomic E-state index is 11.9. The molecule has 1 amide bonds. The number of piperidine rings is 1. The molecule has 1 saturated heterocycles. The number of carbonyl (C=O) groups excluding carboxylic acids is 1. The van der Waals surface area contributed by atoms with Gasteiger partial charge in [-0.2, -0.15) is 0 Å². The van der Waals surface area contributed by atoms with E-state index >= 15 is 0 Å². The zero-order chi connectivity index (χ0) is 14.3. The predicted molar refractivity (Wildman–Crippen MR) is 74.0 cm³/mol. The summed E-state index contributed by atoms with van der Waals surface area (Å²) in [6.07, 6.45) is 4.10. The number of amides is 1. The van der Waals surface area contributed by atoms with Gasteiger partial charge in [-0.3, -0.25) is 9.59 Å². The molecule has 5 nitrogen and oxygen atoms in total. The minimum atomic E-state index is -0.781. The van der Waals surface area contributed by atoms with Crippen molar-refractivity contribution in [2.75, 3.05) is 33.7 Å². The average molecular weight is 270 g/mol. The van der Waals surface area contributed by atoms with E-state index in [0.29, 0.717) is 25.2 Å². The number of aliphatic carboxylic acids is 1. The molecule has 1 aliphatic heterocycles. The molecule has 1 N–H and O–H groups in total. The van der Waals surface area contributed by atoms with Crippen molar-refractivity contribution in [2.24, 2.45) is 5.92 Å². The highest BCUT2D eigenvalue weighted by Crippen LogP contribution is 2.18. The second-order valence-electron chi connectivity index (χ2n) is 5.69. The molecule has 0 bridgehead atoms. The number of carbonyl (C=O) groups is 2. The van der Waals surface area contributed by atoms with Crippen LogP contribution >= 0.6 is 0 Å². The number of unbranched alkanes of at least 4 members (excludes halogenated alkanes) is 1. The highest BCUT2D eigenvalue weighted by atomic mass is 16.4. The lowest BCUT2D eigenvalue weighted by Gasteiger charge is -2.33. The molecule has 0 atom stereocenters. The first kappa shape index (κ1) is 16.0. The van der Waals surface area contributed by atoms with Gasteiger partial charge in [0, 0.05) is 32.5 Å². The van der Waals surface area contributed by atoms with E-state index in [4.69, 9.17) is 5.11 Å². The summed E-state index contributed by atoms with van der Waals surface area (Å²) >= 11 is 0. The van der Waals surface area contributed by atoms with Crippen molar-refractivity contribution in [3.63, 3.8) is 0 Å². The highest BCUT2D eigenvalue weighted by Gasteiger charge is 2.22. The maximum Gasteiger partial charge on any atom is 0.303 e. The van der Waals surface area contributed by atoms with Crippen LogP contribution in [0, 0.1) is 5.92 Å². The number of carboxylic acid groups (broad SMARTS) is 1. The fourth-order valence-electron chi connectivity index (χ4n) is 2.59. The molecule has 110 valence electrons. The van der Waals surface area contributed by atoms with Crippen molar-refractivity contribution < 1.29 is 14.7 Å². The summed E-state index contributed by atoms with van der Waals surface area (Å²) in [6, 6.07) is 0. The Morgan fingerprint density at radius 3 is 2.26 bits per heavy atom. The van der Waals surface area contributed by atoms with Gasteiger partial charge in [0.1, 0.15) is 0 Å². The summed E-state index contributed by atoms with van der Waals surface area (Å²) in [6.45, 7) is 2.81. The third-order valence-electron chi connectivity index (χ3n) is 3.62. The van der Waals surface area contributed by atoms with E-state index in [0.717, 1.165) is 32.5 Å². The monoisotopic (exact) mass is 270 g/mol. The van der Waals surface area contributed by atoms with E-state index in [1.807, 2.05) is 4.90 Å². The number of carboxylic acids is 1. The molecular weight excluding hydrogens is 244 g/mol. The predicted octanol–water partition coefficient (Wildman–Crippen LogP) is 1.43. The van der Waals surface area contributed by atoms with Crippen molar-refractivity contribution in [1.29, 1.82) is 0 Å². The van der Waals surface area contributed by atoms with E-state index in [1.54, 1.807) is 0 Å². The summed E-state index contributed by atoms with van der Waals surface area (Å²) in [5, 5.41) is 8.53. The number of nitrogens with zero attached hydrogens (tertiary/aromatic N) is 2. The van der Waals surface area contributed by atoms with Crippen molar-refractivity contribution >= 4 is 11.9 Å². The van der Waals surface area contributed by atoms with E-state index in [1.165, 1.54) is 0 Å². The lowest BCUT2D eigenvalue weighted by atomic mass is 9.96. The van der Waals surface area contributed by atoms with Gasteiger partial charge in [-0.05, 0) is 45.7 Å². The van der Waals surface area contributed by atoms with Crippen LogP contribution in [0.5, 0.6) is 0 Å². The first-order valence-corrected chi connectivity index (χ1v) is 7.13. The summed E-state index contributed by atoms with van der Waals surface area (Å²) in [5.74, 6) is 0.108. The minimum Gasteiger partial charge on any atom is -0.481 e. The standard InChI is InChI=1S/C14H26N2O3/c1-15(2)11-12-7-9-16(10-8-12)13(17)5-3-4-6-14(18)19/h12H,3-11H2,1-2H3,(H,18,19). The molecule has 1 fully saturated rings. The first-order chi connectivity index (χ1) is 8.99. The van der Waals surface area contributed by atoms with Crippen LogP contribution in [0.25, 0.3) is 0 Å². The van der Waals surface area contributed by atoms with Crippen molar-refractivity contribution in [2.45, 2.75) is 38.5 Å². The van der Waals surface area contributed by atoms with E-state index in [-0.39, 0.29) is 12.3 Å². The lowest BCUT2D eigenvalue weighted by Crippen LogP contribution is -2.40. The van der Waals surface area contributed by atoms with Crippen LogP contribution in [0.1, 0.15) is 38.5 Å². The molecule has 0 aliphatic carbocycles. The normalized spacial score (nSPS) is 16.9.